The molecule has 1 atom stereocenters. The van der Waals surface area contributed by atoms with Crippen molar-refractivity contribution in [1.29, 1.82) is 0 Å². The van der Waals surface area contributed by atoms with E-state index in [4.69, 9.17) is 11.6 Å². The van der Waals surface area contributed by atoms with E-state index in [9.17, 15) is 0 Å². The lowest BCUT2D eigenvalue weighted by Gasteiger charge is -2.21. The van der Waals surface area contributed by atoms with Gasteiger partial charge in [0.25, 0.3) is 0 Å². The average molecular weight is 253 g/mol. The third-order valence-electron chi connectivity index (χ3n) is 3.31. The molecule has 1 N–H and O–H groups in total. The molecular formula is C14H21ClN2. The summed E-state index contributed by atoms with van der Waals surface area (Å²) in [7, 11) is 0. The first kappa shape index (κ1) is 12.7. The van der Waals surface area contributed by atoms with E-state index in [1.807, 2.05) is 6.07 Å². The summed E-state index contributed by atoms with van der Waals surface area (Å²) in [6.07, 6.45) is 2.41. The van der Waals surface area contributed by atoms with Gasteiger partial charge in [0, 0.05) is 19.1 Å². The van der Waals surface area contributed by atoms with Crippen LogP contribution in [0.1, 0.15) is 25.3 Å². The molecule has 17 heavy (non-hydrogen) atoms. The lowest BCUT2D eigenvalue weighted by atomic mass is 10.2. The largest absolute Gasteiger partial charge is 0.369 e. The second kappa shape index (κ2) is 5.74. The van der Waals surface area contributed by atoms with E-state index in [1.54, 1.807) is 0 Å². The van der Waals surface area contributed by atoms with Crippen molar-refractivity contribution >= 4 is 17.3 Å². The Labute approximate surface area is 109 Å². The molecule has 94 valence electrons. The van der Waals surface area contributed by atoms with Crippen molar-refractivity contribution in [3.8, 4) is 0 Å². The molecule has 2 rings (SSSR count). The van der Waals surface area contributed by atoms with Gasteiger partial charge in [-0.2, -0.15) is 0 Å². The van der Waals surface area contributed by atoms with Crippen molar-refractivity contribution < 1.29 is 0 Å². The molecule has 3 heteroatoms. The molecule has 1 aliphatic rings. The highest BCUT2D eigenvalue weighted by atomic mass is 35.5. The molecule has 1 aromatic carbocycles. The van der Waals surface area contributed by atoms with Gasteiger partial charge in [-0.3, -0.25) is 0 Å². The number of rotatable bonds is 4. The van der Waals surface area contributed by atoms with Gasteiger partial charge in [-0.15, -0.1) is 0 Å². The van der Waals surface area contributed by atoms with E-state index in [0.717, 1.165) is 24.7 Å². The Balaban J connectivity index is 2.02. The van der Waals surface area contributed by atoms with Crippen LogP contribution in [0.25, 0.3) is 0 Å². The number of aryl methyl sites for hydroxylation is 1. The van der Waals surface area contributed by atoms with Crippen LogP contribution in [0, 0.1) is 6.92 Å². The second-order valence-corrected chi connectivity index (χ2v) is 5.25. The van der Waals surface area contributed by atoms with Gasteiger partial charge in [0.05, 0.1) is 10.7 Å². The number of halogens is 1. The first-order valence-corrected chi connectivity index (χ1v) is 6.83. The van der Waals surface area contributed by atoms with E-state index in [-0.39, 0.29) is 0 Å². The smallest absolute Gasteiger partial charge is 0.0639 e. The molecule has 2 nitrogen and oxygen atoms in total. The first-order chi connectivity index (χ1) is 8.20. The van der Waals surface area contributed by atoms with E-state index < -0.39 is 0 Å². The molecule has 0 amide bonds. The molecule has 1 aromatic rings. The zero-order chi connectivity index (χ0) is 12.3. The van der Waals surface area contributed by atoms with Gasteiger partial charge in [-0.1, -0.05) is 24.6 Å². The maximum Gasteiger partial charge on any atom is 0.0639 e. The highest BCUT2D eigenvalue weighted by molar-refractivity contribution is 6.33. The van der Waals surface area contributed by atoms with Crippen molar-refractivity contribution in [1.82, 2.24) is 5.32 Å². The molecule has 1 saturated heterocycles. The average Bonchev–Trinajstić information content (AvgIpc) is 2.78. The monoisotopic (exact) mass is 252 g/mol. The maximum atomic E-state index is 6.27. The Hall–Kier alpha value is -0.730. The van der Waals surface area contributed by atoms with E-state index >= 15 is 0 Å². The molecule has 1 unspecified atom stereocenters. The Kier molecular flexibility index (Phi) is 4.30. The van der Waals surface area contributed by atoms with Crippen molar-refractivity contribution in [3.05, 3.63) is 28.8 Å². The number of anilines is 1. The van der Waals surface area contributed by atoms with Gasteiger partial charge in [0.15, 0.2) is 0 Å². The van der Waals surface area contributed by atoms with Gasteiger partial charge in [0.2, 0.25) is 0 Å². The lowest BCUT2D eigenvalue weighted by Crippen LogP contribution is -2.33. The predicted molar refractivity (Wildman–Crippen MR) is 75.1 cm³/mol. The van der Waals surface area contributed by atoms with Crippen molar-refractivity contribution in [3.63, 3.8) is 0 Å². The van der Waals surface area contributed by atoms with Crippen LogP contribution in [0.3, 0.4) is 0 Å². The molecule has 0 aromatic heterocycles. The molecule has 1 aliphatic heterocycles. The Bertz CT molecular complexity index is 378. The van der Waals surface area contributed by atoms with Gasteiger partial charge in [-0.25, -0.2) is 0 Å². The minimum atomic E-state index is 0.617. The summed E-state index contributed by atoms with van der Waals surface area (Å²) in [6, 6.07) is 6.87. The van der Waals surface area contributed by atoms with Crippen molar-refractivity contribution in [2.24, 2.45) is 0 Å². The van der Waals surface area contributed by atoms with Crippen LogP contribution in [0.4, 0.5) is 5.69 Å². The highest BCUT2D eigenvalue weighted by Crippen LogP contribution is 2.29. The van der Waals surface area contributed by atoms with Crippen molar-refractivity contribution in [2.75, 3.05) is 24.5 Å². The molecule has 0 aliphatic carbocycles. The number of hydrogen-bond donors (Lipinski definition) is 1. The van der Waals surface area contributed by atoms with Crippen molar-refractivity contribution in [2.45, 2.75) is 32.7 Å². The quantitative estimate of drug-likeness (QED) is 0.885. The molecule has 0 radical (unpaired) electrons. The van der Waals surface area contributed by atoms with Gasteiger partial charge >= 0.3 is 0 Å². The number of nitrogens with one attached hydrogen (secondary N) is 1. The fourth-order valence-corrected chi connectivity index (χ4v) is 2.60. The van der Waals surface area contributed by atoms with Gasteiger partial charge in [0.1, 0.15) is 0 Å². The zero-order valence-electron chi connectivity index (χ0n) is 10.7. The summed E-state index contributed by atoms with van der Waals surface area (Å²) in [4.78, 5) is 2.39. The van der Waals surface area contributed by atoms with Gasteiger partial charge < -0.3 is 10.2 Å². The minimum absolute atomic E-state index is 0.617. The predicted octanol–water partition coefficient (Wildman–Crippen LogP) is 3.23. The first-order valence-electron chi connectivity index (χ1n) is 6.45. The molecule has 0 saturated carbocycles. The van der Waals surface area contributed by atoms with Crippen LogP contribution in [0.2, 0.25) is 5.02 Å². The number of hydrogen-bond acceptors (Lipinski definition) is 2. The summed E-state index contributed by atoms with van der Waals surface area (Å²) < 4.78 is 0. The Morgan fingerprint density at radius 1 is 1.47 bits per heavy atom. The summed E-state index contributed by atoms with van der Waals surface area (Å²) in [5.41, 5.74) is 2.46. The highest BCUT2D eigenvalue weighted by Gasteiger charge is 2.23. The Morgan fingerprint density at radius 2 is 2.29 bits per heavy atom. The second-order valence-electron chi connectivity index (χ2n) is 4.84. The van der Waals surface area contributed by atoms with E-state index in [2.05, 4.69) is 36.2 Å². The fraction of sp³-hybridized carbons (Fsp3) is 0.571. The van der Waals surface area contributed by atoms with E-state index in [1.165, 1.54) is 24.1 Å². The van der Waals surface area contributed by atoms with Crippen LogP contribution in [-0.2, 0) is 0 Å². The minimum Gasteiger partial charge on any atom is -0.369 e. The normalized spacial score (nSPS) is 19.9. The molecular weight excluding hydrogens is 232 g/mol. The SMILES string of the molecule is CCCNC1CCN(c2cc(C)ccc2Cl)C1. The summed E-state index contributed by atoms with van der Waals surface area (Å²) >= 11 is 6.27. The number of nitrogens with zero attached hydrogens (tertiary/aromatic N) is 1. The standard InChI is InChI=1S/C14H21ClN2/c1-3-7-16-12-6-8-17(10-12)14-9-11(2)4-5-13(14)15/h4-5,9,12,16H,3,6-8,10H2,1-2H3. The lowest BCUT2D eigenvalue weighted by molar-refractivity contribution is 0.549. The van der Waals surface area contributed by atoms with Crippen LogP contribution in [0.5, 0.6) is 0 Å². The molecule has 0 spiro atoms. The molecule has 0 bridgehead atoms. The third kappa shape index (κ3) is 3.14. The molecule has 1 heterocycles. The Morgan fingerprint density at radius 3 is 3.06 bits per heavy atom. The topological polar surface area (TPSA) is 15.3 Å². The third-order valence-corrected chi connectivity index (χ3v) is 3.63. The fourth-order valence-electron chi connectivity index (χ4n) is 2.36. The molecule has 1 fully saturated rings. The summed E-state index contributed by atoms with van der Waals surface area (Å²) in [5, 5.41) is 4.45. The van der Waals surface area contributed by atoms with Crippen LogP contribution < -0.4 is 10.2 Å². The van der Waals surface area contributed by atoms with E-state index in [0.29, 0.717) is 6.04 Å². The van der Waals surface area contributed by atoms with Gasteiger partial charge in [-0.05, 0) is 44.0 Å². The van der Waals surface area contributed by atoms with Crippen LogP contribution in [-0.4, -0.2) is 25.7 Å². The zero-order valence-corrected chi connectivity index (χ0v) is 11.4. The maximum absolute atomic E-state index is 6.27. The van der Waals surface area contributed by atoms with Crippen LogP contribution in [0.15, 0.2) is 18.2 Å². The summed E-state index contributed by atoms with van der Waals surface area (Å²) in [5.74, 6) is 0. The van der Waals surface area contributed by atoms with Crippen LogP contribution >= 0.6 is 11.6 Å². The summed E-state index contributed by atoms with van der Waals surface area (Å²) in [6.45, 7) is 7.60. The number of benzene rings is 1.